The highest BCUT2D eigenvalue weighted by Gasteiger charge is 2.07. The molecule has 5 nitrogen and oxygen atoms in total. The monoisotopic (exact) mass is 290 g/mol. The smallest absolute Gasteiger partial charge is 0.264 e. The van der Waals surface area contributed by atoms with Gasteiger partial charge in [-0.05, 0) is 18.6 Å². The highest BCUT2D eigenvalue weighted by atomic mass is 32.2. The van der Waals surface area contributed by atoms with Gasteiger partial charge >= 0.3 is 0 Å². The number of hydrogen-bond donors (Lipinski definition) is 1. The highest BCUT2D eigenvalue weighted by molar-refractivity contribution is 8.01. The lowest BCUT2D eigenvalue weighted by Gasteiger charge is -1.95. The molecule has 0 radical (unpaired) electrons. The number of rotatable bonds is 5. The van der Waals surface area contributed by atoms with Crippen LogP contribution in [0.4, 0.5) is 0 Å². The van der Waals surface area contributed by atoms with Gasteiger partial charge in [-0.1, -0.05) is 11.8 Å². The van der Waals surface area contributed by atoms with E-state index in [-0.39, 0.29) is 5.75 Å². The van der Waals surface area contributed by atoms with Crippen molar-refractivity contribution in [3.8, 4) is 0 Å². The minimum absolute atomic E-state index is 0.205. The lowest BCUT2D eigenvalue weighted by atomic mass is 10.5. The molecule has 0 unspecified atom stereocenters. The van der Waals surface area contributed by atoms with E-state index in [4.69, 9.17) is 4.55 Å². The topological polar surface area (TPSA) is 80.2 Å². The van der Waals surface area contributed by atoms with Crippen LogP contribution in [0.25, 0.3) is 10.3 Å². The van der Waals surface area contributed by atoms with E-state index in [1.807, 2.05) is 12.1 Å². The van der Waals surface area contributed by atoms with Crippen molar-refractivity contribution in [1.82, 2.24) is 9.97 Å². The molecule has 2 aromatic rings. The minimum Gasteiger partial charge on any atom is -0.286 e. The van der Waals surface area contributed by atoms with Crippen molar-refractivity contribution in [2.75, 3.05) is 11.5 Å². The van der Waals surface area contributed by atoms with Gasteiger partial charge in [0.2, 0.25) is 0 Å². The Morgan fingerprint density at radius 3 is 3.00 bits per heavy atom. The van der Waals surface area contributed by atoms with Crippen LogP contribution in [-0.2, 0) is 10.1 Å². The zero-order valence-electron chi connectivity index (χ0n) is 8.74. The Morgan fingerprint density at radius 2 is 2.29 bits per heavy atom. The van der Waals surface area contributed by atoms with Crippen LogP contribution in [0.1, 0.15) is 6.42 Å². The summed E-state index contributed by atoms with van der Waals surface area (Å²) >= 11 is 3.01. The van der Waals surface area contributed by atoms with Crippen molar-refractivity contribution in [1.29, 1.82) is 0 Å². The fourth-order valence-electron chi connectivity index (χ4n) is 1.21. The molecule has 0 amide bonds. The van der Waals surface area contributed by atoms with Crippen molar-refractivity contribution < 1.29 is 13.0 Å². The zero-order valence-corrected chi connectivity index (χ0v) is 11.2. The summed E-state index contributed by atoms with van der Waals surface area (Å²) in [5.41, 5.74) is 0.717. The van der Waals surface area contributed by atoms with Gasteiger partial charge in [-0.25, -0.2) is 9.97 Å². The van der Waals surface area contributed by atoms with Crippen molar-refractivity contribution in [2.45, 2.75) is 10.8 Å². The average molecular weight is 290 g/mol. The van der Waals surface area contributed by atoms with Crippen LogP contribution in [0.15, 0.2) is 22.7 Å². The van der Waals surface area contributed by atoms with Crippen LogP contribution in [0.2, 0.25) is 0 Å². The first-order valence-corrected chi connectivity index (χ1v) is 8.25. The molecule has 0 spiro atoms. The van der Waals surface area contributed by atoms with Crippen molar-refractivity contribution in [3.63, 3.8) is 0 Å². The first kappa shape index (κ1) is 12.7. The molecule has 8 heteroatoms. The van der Waals surface area contributed by atoms with Crippen LogP contribution in [-0.4, -0.2) is 34.4 Å². The number of aromatic nitrogens is 2. The first-order valence-electron chi connectivity index (χ1n) is 4.84. The molecule has 2 rings (SSSR count). The molecule has 0 fully saturated rings. The quantitative estimate of drug-likeness (QED) is 0.516. The summed E-state index contributed by atoms with van der Waals surface area (Å²) in [5, 5.41) is 0. The molecule has 17 heavy (non-hydrogen) atoms. The van der Waals surface area contributed by atoms with Crippen molar-refractivity contribution >= 4 is 43.6 Å². The summed E-state index contributed by atoms with van der Waals surface area (Å²) in [6, 6.07) is 3.80. The molecule has 0 aliphatic heterocycles. The van der Waals surface area contributed by atoms with Gasteiger partial charge in [-0.2, -0.15) is 8.42 Å². The molecule has 0 aliphatic rings. The van der Waals surface area contributed by atoms with E-state index in [9.17, 15) is 8.42 Å². The maximum atomic E-state index is 10.5. The van der Waals surface area contributed by atoms with E-state index in [1.165, 1.54) is 23.1 Å². The van der Waals surface area contributed by atoms with E-state index in [0.29, 0.717) is 12.2 Å². The molecule has 0 saturated heterocycles. The first-order chi connectivity index (χ1) is 8.04. The molecule has 0 atom stereocenters. The van der Waals surface area contributed by atoms with E-state index in [2.05, 4.69) is 9.97 Å². The Kier molecular flexibility index (Phi) is 3.97. The summed E-state index contributed by atoms with van der Waals surface area (Å²) in [4.78, 5) is 8.42. The van der Waals surface area contributed by atoms with E-state index >= 15 is 0 Å². The molecule has 0 saturated carbocycles. The van der Waals surface area contributed by atoms with E-state index < -0.39 is 10.1 Å². The second kappa shape index (κ2) is 5.30. The maximum absolute atomic E-state index is 10.5. The molecule has 0 aliphatic carbocycles. The van der Waals surface area contributed by atoms with Gasteiger partial charge in [-0.3, -0.25) is 4.55 Å². The van der Waals surface area contributed by atoms with Gasteiger partial charge in [0.15, 0.2) is 9.99 Å². The minimum atomic E-state index is -3.85. The Balaban J connectivity index is 1.91. The third kappa shape index (κ3) is 3.91. The number of fused-ring (bicyclic) bond motifs is 1. The van der Waals surface area contributed by atoms with Crippen molar-refractivity contribution in [2.24, 2.45) is 0 Å². The van der Waals surface area contributed by atoms with Crippen LogP contribution in [0, 0.1) is 0 Å². The zero-order chi connectivity index (χ0) is 12.3. The lowest BCUT2D eigenvalue weighted by molar-refractivity contribution is 0.482. The lowest BCUT2D eigenvalue weighted by Crippen LogP contribution is -2.04. The largest absolute Gasteiger partial charge is 0.286 e. The van der Waals surface area contributed by atoms with E-state index in [1.54, 1.807) is 6.20 Å². The molecule has 0 aromatic carbocycles. The number of pyridine rings is 1. The van der Waals surface area contributed by atoms with Gasteiger partial charge in [0, 0.05) is 11.9 Å². The number of thioether (sulfide) groups is 1. The van der Waals surface area contributed by atoms with Crippen LogP contribution >= 0.6 is 23.1 Å². The average Bonchev–Trinajstić information content (AvgIpc) is 2.65. The highest BCUT2D eigenvalue weighted by Crippen LogP contribution is 2.28. The predicted molar refractivity (Wildman–Crippen MR) is 69.2 cm³/mol. The molecule has 0 bridgehead atoms. The summed E-state index contributed by atoms with van der Waals surface area (Å²) in [6.45, 7) is 0. The van der Waals surface area contributed by atoms with Gasteiger partial charge in [0.05, 0.1) is 10.5 Å². The normalized spacial score (nSPS) is 12.1. The molecule has 1 N–H and O–H groups in total. The van der Waals surface area contributed by atoms with Crippen LogP contribution in [0.3, 0.4) is 0 Å². The predicted octanol–water partition coefficient (Wildman–Crippen LogP) is 2.06. The second-order valence-corrected chi connectivity index (χ2v) is 7.24. The second-order valence-electron chi connectivity index (χ2n) is 3.29. The molecular weight excluding hydrogens is 280 g/mol. The number of hydrogen-bond acceptors (Lipinski definition) is 6. The number of thiazole rings is 1. The fraction of sp³-hybridized carbons (Fsp3) is 0.333. The maximum Gasteiger partial charge on any atom is 0.264 e. The van der Waals surface area contributed by atoms with Crippen LogP contribution in [0.5, 0.6) is 0 Å². The summed E-state index contributed by atoms with van der Waals surface area (Å²) in [5.74, 6) is 0.406. The van der Waals surface area contributed by atoms with E-state index in [0.717, 1.165) is 14.7 Å². The Hall–Kier alpha value is -0.700. The van der Waals surface area contributed by atoms with Gasteiger partial charge in [-0.15, -0.1) is 11.3 Å². The van der Waals surface area contributed by atoms with Gasteiger partial charge in [0.1, 0.15) is 0 Å². The SMILES string of the molecule is O=S(=O)(O)CCCSc1nc2ncccc2s1. The Bertz CT molecular complexity index is 576. The molecule has 92 valence electrons. The third-order valence-corrected chi connectivity index (χ3v) is 4.96. The molecule has 2 aromatic heterocycles. The fourth-order valence-corrected chi connectivity index (χ4v) is 3.93. The number of nitrogens with zero attached hydrogens (tertiary/aromatic N) is 2. The van der Waals surface area contributed by atoms with Gasteiger partial charge in [0.25, 0.3) is 10.1 Å². The molecule has 2 heterocycles. The summed E-state index contributed by atoms with van der Waals surface area (Å²) < 4.78 is 31.5. The van der Waals surface area contributed by atoms with Gasteiger partial charge < -0.3 is 0 Å². The third-order valence-electron chi connectivity index (χ3n) is 1.92. The molecular formula is C9H10N2O3S3. The summed E-state index contributed by atoms with van der Waals surface area (Å²) in [7, 11) is -3.85. The van der Waals surface area contributed by atoms with Crippen molar-refractivity contribution in [3.05, 3.63) is 18.3 Å². The summed E-state index contributed by atoms with van der Waals surface area (Å²) in [6.07, 6.45) is 2.10. The Morgan fingerprint density at radius 1 is 1.47 bits per heavy atom. The standard InChI is InChI=1S/C9H10N2O3S3/c12-17(13,14)6-2-5-15-9-11-8-7(16-9)3-1-4-10-8/h1,3-4H,2,5-6H2,(H,12,13,14). The van der Waals surface area contributed by atoms with Crippen LogP contribution < -0.4 is 0 Å². The Labute approximate surface area is 107 Å².